The molecular formula is C14H18F4O3. The normalized spacial score (nSPS) is 15.6. The lowest BCUT2D eigenvalue weighted by atomic mass is 9.83. The number of rotatable bonds is 4. The predicted octanol–water partition coefficient (Wildman–Crippen LogP) is 3.29. The third-order valence-electron chi connectivity index (χ3n) is 3.15. The molecule has 0 heterocycles. The highest BCUT2D eigenvalue weighted by atomic mass is 19.3. The van der Waals surface area contributed by atoms with Gasteiger partial charge in [-0.1, -0.05) is 20.8 Å². The Bertz CT molecular complexity index is 462. The number of alkyl halides is 4. The molecule has 1 aromatic rings. The second kappa shape index (κ2) is 6.19. The molecule has 1 aromatic carbocycles. The minimum Gasteiger partial charge on any atom is -0.507 e. The van der Waals surface area contributed by atoms with Crippen molar-refractivity contribution in [3.63, 3.8) is 0 Å². The summed E-state index contributed by atoms with van der Waals surface area (Å²) in [5, 5.41) is 28.7. The van der Waals surface area contributed by atoms with Gasteiger partial charge in [-0.05, 0) is 23.1 Å². The summed E-state index contributed by atoms with van der Waals surface area (Å²) in [5.74, 6) is -0.941. The van der Waals surface area contributed by atoms with Crippen LogP contribution in [-0.4, -0.2) is 28.2 Å². The summed E-state index contributed by atoms with van der Waals surface area (Å²) in [5.41, 5.74) is -1.43. The molecule has 0 spiro atoms. The molecule has 3 nitrogen and oxygen atoms in total. The zero-order chi connectivity index (χ0) is 16.5. The minimum atomic E-state index is -3.19. The minimum absolute atomic E-state index is 0.338. The molecule has 0 saturated carbocycles. The maximum absolute atomic E-state index is 12.6. The molecule has 3 N–H and O–H groups in total. The molecule has 2 unspecified atom stereocenters. The number of hydrogen-bond acceptors (Lipinski definition) is 3. The van der Waals surface area contributed by atoms with Crippen LogP contribution in [0.3, 0.4) is 0 Å². The molecule has 0 aliphatic heterocycles. The van der Waals surface area contributed by atoms with E-state index in [9.17, 15) is 32.9 Å². The van der Waals surface area contributed by atoms with Gasteiger partial charge >= 0.3 is 0 Å². The molecule has 0 aromatic heterocycles. The maximum Gasteiger partial charge on any atom is 0.268 e. The molecule has 1 rings (SSSR count). The highest BCUT2D eigenvalue weighted by Crippen LogP contribution is 2.39. The Kier molecular flexibility index (Phi) is 5.22. The zero-order valence-corrected chi connectivity index (χ0v) is 11.8. The van der Waals surface area contributed by atoms with Crippen LogP contribution in [0, 0.1) is 0 Å². The Hall–Kier alpha value is -1.34. The van der Waals surface area contributed by atoms with E-state index in [1.807, 2.05) is 0 Å². The molecule has 0 aliphatic carbocycles. The number of halogens is 4. The van der Waals surface area contributed by atoms with Crippen LogP contribution in [0.15, 0.2) is 12.1 Å². The number of hydrogen-bond donors (Lipinski definition) is 3. The first kappa shape index (κ1) is 17.7. The third-order valence-corrected chi connectivity index (χ3v) is 3.15. The highest BCUT2D eigenvalue weighted by Gasteiger charge is 2.31. The monoisotopic (exact) mass is 310 g/mol. The van der Waals surface area contributed by atoms with Gasteiger partial charge in [0, 0.05) is 11.1 Å². The van der Waals surface area contributed by atoms with Gasteiger partial charge in [0.25, 0.3) is 12.9 Å². The number of phenolic OH excluding ortho intramolecular Hbond substituents is 1. The van der Waals surface area contributed by atoms with Crippen molar-refractivity contribution in [2.24, 2.45) is 0 Å². The number of phenols is 1. The summed E-state index contributed by atoms with van der Waals surface area (Å²) < 4.78 is 50.6. The van der Waals surface area contributed by atoms with Crippen molar-refractivity contribution in [1.29, 1.82) is 0 Å². The zero-order valence-electron chi connectivity index (χ0n) is 11.8. The molecular weight excluding hydrogens is 292 g/mol. The Morgan fingerprint density at radius 1 is 0.857 bits per heavy atom. The Balaban J connectivity index is 3.54. The Morgan fingerprint density at radius 3 is 1.43 bits per heavy atom. The highest BCUT2D eigenvalue weighted by molar-refractivity contribution is 5.48. The van der Waals surface area contributed by atoms with Gasteiger partial charge in [0.05, 0.1) is 0 Å². The molecule has 0 radical (unpaired) electrons. The van der Waals surface area contributed by atoms with E-state index in [4.69, 9.17) is 0 Å². The van der Waals surface area contributed by atoms with E-state index in [1.54, 1.807) is 20.8 Å². The fraction of sp³-hybridized carbons (Fsp3) is 0.571. The Morgan fingerprint density at radius 2 is 1.19 bits per heavy atom. The summed E-state index contributed by atoms with van der Waals surface area (Å²) in [6.45, 7) is 5.11. The van der Waals surface area contributed by atoms with Gasteiger partial charge in [-0.2, -0.15) is 0 Å². The van der Waals surface area contributed by atoms with E-state index < -0.39 is 47.4 Å². The maximum atomic E-state index is 12.6. The largest absolute Gasteiger partial charge is 0.507 e. The van der Waals surface area contributed by atoms with Crippen LogP contribution in [0.5, 0.6) is 5.75 Å². The average Bonchev–Trinajstić information content (AvgIpc) is 2.35. The van der Waals surface area contributed by atoms with Crippen molar-refractivity contribution in [3.05, 3.63) is 28.8 Å². The molecule has 2 atom stereocenters. The van der Waals surface area contributed by atoms with Crippen molar-refractivity contribution in [2.45, 2.75) is 51.2 Å². The molecule has 7 heteroatoms. The molecule has 21 heavy (non-hydrogen) atoms. The van der Waals surface area contributed by atoms with Gasteiger partial charge in [-0.3, -0.25) is 0 Å². The summed E-state index contributed by atoms with van der Waals surface area (Å²) in [6.07, 6.45) is -11.0. The second-order valence-corrected chi connectivity index (χ2v) is 5.81. The van der Waals surface area contributed by atoms with E-state index >= 15 is 0 Å². The first-order chi connectivity index (χ1) is 9.46. The van der Waals surface area contributed by atoms with Crippen molar-refractivity contribution in [3.8, 4) is 5.75 Å². The van der Waals surface area contributed by atoms with Crippen LogP contribution in [0.1, 0.15) is 49.7 Å². The second-order valence-electron chi connectivity index (χ2n) is 5.81. The van der Waals surface area contributed by atoms with E-state index in [1.165, 1.54) is 0 Å². The van der Waals surface area contributed by atoms with E-state index in [-0.39, 0.29) is 0 Å². The van der Waals surface area contributed by atoms with Crippen LogP contribution in [0.4, 0.5) is 17.6 Å². The quantitative estimate of drug-likeness (QED) is 0.748. The molecule has 0 amide bonds. The van der Waals surface area contributed by atoms with Crippen molar-refractivity contribution >= 4 is 0 Å². The summed E-state index contributed by atoms with van der Waals surface area (Å²) >= 11 is 0. The average molecular weight is 310 g/mol. The number of aromatic hydroxyl groups is 1. The van der Waals surface area contributed by atoms with Gasteiger partial charge in [0.1, 0.15) is 18.0 Å². The van der Waals surface area contributed by atoms with Crippen molar-refractivity contribution in [2.75, 3.05) is 0 Å². The first-order valence-electron chi connectivity index (χ1n) is 6.26. The topological polar surface area (TPSA) is 60.7 Å². The van der Waals surface area contributed by atoms with Crippen LogP contribution in [0.25, 0.3) is 0 Å². The molecule has 0 bridgehead atoms. The lowest BCUT2D eigenvalue weighted by Gasteiger charge is -2.25. The Labute approximate surface area is 119 Å². The standard InChI is InChI=1S/C14H18F4O3/c1-14(2,3)6-4-7(10(20)12(15)16)9(19)8(5-6)11(21)13(17)18/h4-5,10-13,19-21H,1-3H3. The fourth-order valence-corrected chi connectivity index (χ4v) is 1.84. The fourth-order valence-electron chi connectivity index (χ4n) is 1.84. The SMILES string of the molecule is CC(C)(C)c1cc(C(O)C(F)F)c(O)c(C(O)C(F)F)c1. The smallest absolute Gasteiger partial charge is 0.268 e. The molecule has 120 valence electrons. The van der Waals surface area contributed by atoms with E-state index in [0.717, 1.165) is 12.1 Å². The van der Waals surface area contributed by atoms with E-state index in [0.29, 0.717) is 5.56 Å². The molecule has 0 aliphatic rings. The van der Waals surface area contributed by atoms with Crippen LogP contribution in [-0.2, 0) is 5.41 Å². The first-order valence-corrected chi connectivity index (χ1v) is 6.26. The van der Waals surface area contributed by atoms with Gasteiger partial charge in [0.2, 0.25) is 0 Å². The van der Waals surface area contributed by atoms with Crippen LogP contribution < -0.4 is 0 Å². The van der Waals surface area contributed by atoms with E-state index in [2.05, 4.69) is 0 Å². The molecule has 0 saturated heterocycles. The number of benzene rings is 1. The van der Waals surface area contributed by atoms with Crippen molar-refractivity contribution < 1.29 is 32.9 Å². The van der Waals surface area contributed by atoms with Gasteiger partial charge in [-0.15, -0.1) is 0 Å². The van der Waals surface area contributed by atoms with Crippen LogP contribution in [0.2, 0.25) is 0 Å². The molecule has 0 fully saturated rings. The van der Waals surface area contributed by atoms with Crippen LogP contribution >= 0.6 is 0 Å². The van der Waals surface area contributed by atoms with Crippen molar-refractivity contribution in [1.82, 2.24) is 0 Å². The lowest BCUT2D eigenvalue weighted by molar-refractivity contribution is -0.0122. The van der Waals surface area contributed by atoms with Gasteiger partial charge in [-0.25, -0.2) is 17.6 Å². The summed E-state index contributed by atoms with van der Waals surface area (Å²) in [6, 6.07) is 2.27. The van der Waals surface area contributed by atoms with Gasteiger partial charge < -0.3 is 15.3 Å². The number of aliphatic hydroxyl groups is 2. The van der Waals surface area contributed by atoms with Gasteiger partial charge in [0.15, 0.2) is 0 Å². The summed E-state index contributed by atoms with van der Waals surface area (Å²) in [4.78, 5) is 0. The summed E-state index contributed by atoms with van der Waals surface area (Å²) in [7, 11) is 0. The third kappa shape index (κ3) is 3.85. The predicted molar refractivity (Wildman–Crippen MR) is 68.7 cm³/mol. The number of aliphatic hydroxyl groups excluding tert-OH is 2. The lowest BCUT2D eigenvalue weighted by Crippen LogP contribution is -2.17.